The average molecular weight is 713 g/mol. The first-order valence-electron chi connectivity index (χ1n) is 12.1. The van der Waals surface area contributed by atoms with Gasteiger partial charge in [0.25, 0.3) is 5.56 Å². The number of aryl methyl sites for hydroxylation is 1. The lowest BCUT2D eigenvalue weighted by Gasteiger charge is -2.30. The van der Waals surface area contributed by atoms with E-state index in [0.717, 1.165) is 48.6 Å². The molecule has 0 amide bonds. The van der Waals surface area contributed by atoms with Crippen LogP contribution in [0.25, 0.3) is 11.8 Å². The molecule has 2 aliphatic rings. The van der Waals surface area contributed by atoms with Crippen LogP contribution < -0.4 is 19.6 Å². The number of halogens is 3. The van der Waals surface area contributed by atoms with Gasteiger partial charge in [-0.3, -0.25) is 9.36 Å². The third-order valence-electron chi connectivity index (χ3n) is 6.72. The molecule has 1 aliphatic heterocycles. The van der Waals surface area contributed by atoms with Gasteiger partial charge >= 0.3 is 0 Å². The van der Waals surface area contributed by atoms with E-state index in [4.69, 9.17) is 9.73 Å². The Morgan fingerprint density at radius 2 is 1.79 bits per heavy atom. The number of hydrogen-bond acceptors (Lipinski definition) is 4. The minimum absolute atomic E-state index is 0.0358. The monoisotopic (exact) mass is 710 g/mol. The molecule has 38 heavy (non-hydrogen) atoms. The van der Waals surface area contributed by atoms with Crippen LogP contribution in [0, 0.1) is 0 Å². The van der Waals surface area contributed by atoms with E-state index in [1.165, 1.54) is 22.5 Å². The second kappa shape index (κ2) is 10.6. The molecule has 2 heterocycles. The molecule has 4 nitrogen and oxygen atoms in total. The Kier molecular flexibility index (Phi) is 7.16. The van der Waals surface area contributed by atoms with Gasteiger partial charge in [-0.15, -0.1) is 0 Å². The van der Waals surface area contributed by atoms with Crippen LogP contribution in [0.4, 0.5) is 0 Å². The number of hydrogen-bond donors (Lipinski definition) is 0. The third-order valence-corrected chi connectivity index (χ3v) is 9.41. The fourth-order valence-electron chi connectivity index (χ4n) is 5.06. The van der Waals surface area contributed by atoms with Gasteiger partial charge in [0.2, 0.25) is 0 Å². The molecule has 6 rings (SSSR count). The van der Waals surface area contributed by atoms with Crippen molar-refractivity contribution in [1.82, 2.24) is 4.57 Å². The highest BCUT2D eigenvalue weighted by Crippen LogP contribution is 2.41. The molecule has 8 heteroatoms. The van der Waals surface area contributed by atoms with Crippen molar-refractivity contribution in [3.05, 3.63) is 134 Å². The number of benzene rings is 3. The molecule has 1 atom stereocenters. The Bertz CT molecular complexity index is 1780. The van der Waals surface area contributed by atoms with Crippen LogP contribution >= 0.6 is 59.1 Å². The normalized spacial score (nSPS) is 16.4. The number of ether oxygens (including phenoxy) is 1. The molecular weight excluding hydrogens is 692 g/mol. The van der Waals surface area contributed by atoms with Gasteiger partial charge in [0.15, 0.2) is 4.80 Å². The highest BCUT2D eigenvalue weighted by molar-refractivity contribution is 9.11. The standard InChI is InChI=1S/C30H21Br3N2O2S/c1-2-13-37-28-23(32)14-17(15-24(28)33)16-25-29(36)35-27(19-7-10-20(31)11-8-19)22-12-9-18-5-3-4-6-21(18)26(22)34-30(35)38-25/h2-8,10-11,14-16,27H,1,9,12-13H2/b25-16+. The summed E-state index contributed by atoms with van der Waals surface area (Å²) in [5, 5.41) is 0. The van der Waals surface area contributed by atoms with Crippen LogP contribution in [0.3, 0.4) is 0 Å². The van der Waals surface area contributed by atoms with Gasteiger partial charge in [-0.05, 0) is 97.3 Å². The van der Waals surface area contributed by atoms with Crippen molar-refractivity contribution in [2.24, 2.45) is 4.99 Å². The van der Waals surface area contributed by atoms with E-state index in [1.807, 2.05) is 34.9 Å². The summed E-state index contributed by atoms with van der Waals surface area (Å²) in [5.74, 6) is 0.699. The lowest BCUT2D eigenvalue weighted by Crippen LogP contribution is -2.38. The first-order chi connectivity index (χ1) is 18.4. The summed E-state index contributed by atoms with van der Waals surface area (Å²) in [5.41, 5.74) is 6.59. The summed E-state index contributed by atoms with van der Waals surface area (Å²) in [7, 11) is 0. The van der Waals surface area contributed by atoms with Gasteiger partial charge in [-0.1, -0.05) is 76.3 Å². The van der Waals surface area contributed by atoms with Crippen molar-refractivity contribution in [2.75, 3.05) is 6.61 Å². The zero-order chi connectivity index (χ0) is 26.4. The molecule has 4 aromatic rings. The van der Waals surface area contributed by atoms with E-state index in [1.54, 1.807) is 6.08 Å². The Morgan fingerprint density at radius 1 is 1.05 bits per heavy atom. The predicted octanol–water partition coefficient (Wildman–Crippen LogP) is 7.17. The quantitative estimate of drug-likeness (QED) is 0.206. The fraction of sp³-hybridized carbons (Fsp3) is 0.133. The van der Waals surface area contributed by atoms with Gasteiger partial charge in [0, 0.05) is 10.0 Å². The van der Waals surface area contributed by atoms with Crippen LogP contribution in [0.1, 0.15) is 34.7 Å². The third kappa shape index (κ3) is 4.62. The molecule has 1 unspecified atom stereocenters. The molecule has 0 fully saturated rings. The fourth-order valence-corrected chi connectivity index (χ4v) is 7.78. The summed E-state index contributed by atoms with van der Waals surface area (Å²) >= 11 is 12.2. The summed E-state index contributed by atoms with van der Waals surface area (Å²) in [6.07, 6.45) is 5.43. The van der Waals surface area contributed by atoms with E-state index < -0.39 is 0 Å². The van der Waals surface area contributed by atoms with Crippen LogP contribution in [0.5, 0.6) is 5.75 Å². The van der Waals surface area contributed by atoms with Gasteiger partial charge in [0.1, 0.15) is 12.4 Å². The second-order valence-corrected chi connectivity index (χ2v) is 12.7. The number of nitrogens with zero attached hydrogens (tertiary/aromatic N) is 2. The topological polar surface area (TPSA) is 43.6 Å². The number of rotatable bonds is 5. The smallest absolute Gasteiger partial charge is 0.271 e. The SMILES string of the molecule is C=CCOc1c(Br)cc(/C=c2/sc3n(c2=O)C(c2ccc(Br)cc2)C2=C(N=3)c3ccccc3CC2)cc1Br. The van der Waals surface area contributed by atoms with Crippen molar-refractivity contribution in [3.8, 4) is 5.75 Å². The van der Waals surface area contributed by atoms with Gasteiger partial charge in [0.05, 0.1) is 25.2 Å². The van der Waals surface area contributed by atoms with E-state index in [0.29, 0.717) is 21.7 Å². The lowest BCUT2D eigenvalue weighted by molar-refractivity contribution is 0.358. The summed E-state index contributed by atoms with van der Waals surface area (Å²) in [4.78, 5) is 19.8. The number of thiazole rings is 1. The lowest BCUT2D eigenvalue weighted by atomic mass is 9.83. The minimum Gasteiger partial charge on any atom is -0.487 e. The number of allylic oxidation sites excluding steroid dienone is 1. The molecule has 1 aromatic heterocycles. The maximum absolute atomic E-state index is 14.0. The number of aromatic nitrogens is 1. The molecule has 1 aliphatic carbocycles. The average Bonchev–Trinajstić information content (AvgIpc) is 3.22. The maximum Gasteiger partial charge on any atom is 0.271 e. The predicted molar refractivity (Wildman–Crippen MR) is 164 cm³/mol. The van der Waals surface area contributed by atoms with Crippen molar-refractivity contribution in [3.63, 3.8) is 0 Å². The van der Waals surface area contributed by atoms with E-state index >= 15 is 0 Å². The Morgan fingerprint density at radius 3 is 2.53 bits per heavy atom. The van der Waals surface area contributed by atoms with Crippen LogP contribution in [0.15, 0.2) is 102 Å². The zero-order valence-electron chi connectivity index (χ0n) is 20.1. The van der Waals surface area contributed by atoms with Gasteiger partial charge < -0.3 is 4.74 Å². The first kappa shape index (κ1) is 25.7. The molecule has 0 spiro atoms. The van der Waals surface area contributed by atoms with Gasteiger partial charge in [-0.25, -0.2) is 4.99 Å². The van der Waals surface area contributed by atoms with Crippen LogP contribution in [0.2, 0.25) is 0 Å². The zero-order valence-corrected chi connectivity index (χ0v) is 25.7. The Hall–Kier alpha value is -2.52. The molecule has 0 radical (unpaired) electrons. The largest absolute Gasteiger partial charge is 0.487 e. The van der Waals surface area contributed by atoms with Crippen molar-refractivity contribution < 1.29 is 4.74 Å². The summed E-state index contributed by atoms with van der Waals surface area (Å²) in [6, 6.07) is 20.4. The highest BCUT2D eigenvalue weighted by Gasteiger charge is 2.32. The van der Waals surface area contributed by atoms with E-state index in [9.17, 15) is 4.79 Å². The maximum atomic E-state index is 14.0. The second-order valence-electron chi connectivity index (χ2n) is 9.08. The summed E-state index contributed by atoms with van der Waals surface area (Å²) in [6.45, 7) is 4.11. The van der Waals surface area contributed by atoms with Crippen molar-refractivity contribution >= 4 is 70.9 Å². The van der Waals surface area contributed by atoms with Gasteiger partial charge in [-0.2, -0.15) is 0 Å². The van der Waals surface area contributed by atoms with E-state index in [2.05, 4.69) is 90.8 Å². The van der Waals surface area contributed by atoms with Crippen LogP contribution in [-0.2, 0) is 6.42 Å². The summed E-state index contributed by atoms with van der Waals surface area (Å²) < 4.78 is 10.9. The molecule has 190 valence electrons. The molecule has 3 aromatic carbocycles. The first-order valence-corrected chi connectivity index (χ1v) is 15.3. The number of fused-ring (bicyclic) bond motifs is 3. The molecule has 0 N–H and O–H groups in total. The Labute approximate surface area is 249 Å². The molecular formula is C30H21Br3N2O2S. The van der Waals surface area contributed by atoms with Crippen molar-refractivity contribution in [2.45, 2.75) is 18.9 Å². The highest BCUT2D eigenvalue weighted by atomic mass is 79.9. The molecule has 0 saturated heterocycles. The minimum atomic E-state index is -0.196. The van der Waals surface area contributed by atoms with Crippen LogP contribution in [-0.4, -0.2) is 11.2 Å². The molecule has 0 saturated carbocycles. The Balaban J connectivity index is 1.55. The van der Waals surface area contributed by atoms with Crippen molar-refractivity contribution in [1.29, 1.82) is 0 Å². The van der Waals surface area contributed by atoms with E-state index in [-0.39, 0.29) is 11.6 Å². The molecule has 0 bridgehead atoms.